The van der Waals surface area contributed by atoms with Gasteiger partial charge in [-0.2, -0.15) is 0 Å². The van der Waals surface area contributed by atoms with Crippen molar-refractivity contribution >= 4 is 16.6 Å². The van der Waals surface area contributed by atoms with E-state index in [9.17, 15) is 0 Å². The molecule has 0 heterocycles. The lowest BCUT2D eigenvalue weighted by molar-refractivity contribution is -0.0565. The molecule has 0 saturated heterocycles. The van der Waals surface area contributed by atoms with Crippen LogP contribution in [0.4, 0.5) is 0 Å². The minimum absolute atomic E-state index is 0.0328. The highest BCUT2D eigenvalue weighted by molar-refractivity contribution is 6.70. The van der Waals surface area contributed by atoms with E-state index in [1.807, 2.05) is 0 Å². The fourth-order valence-electron chi connectivity index (χ4n) is 10.1. The zero-order chi connectivity index (χ0) is 27.4. The Morgan fingerprint density at radius 3 is 2.30 bits per heavy atom. The van der Waals surface area contributed by atoms with E-state index in [1.54, 1.807) is 5.57 Å². The Kier molecular flexibility index (Phi) is 8.52. The van der Waals surface area contributed by atoms with Gasteiger partial charge in [0.1, 0.15) is 0 Å². The summed E-state index contributed by atoms with van der Waals surface area (Å²) >= 11 is 0. The molecule has 4 aliphatic carbocycles. The molecule has 0 bridgehead atoms. The Morgan fingerprint density at radius 2 is 1.65 bits per heavy atom. The third-order valence-electron chi connectivity index (χ3n) is 11.4. The molecule has 0 aliphatic heterocycles. The minimum atomic E-state index is -1.49. The van der Waals surface area contributed by atoms with Crippen LogP contribution in [0, 0.1) is 40.4 Å². The van der Waals surface area contributed by atoms with E-state index < -0.39 is 16.6 Å². The normalized spacial score (nSPS) is 39.4. The van der Waals surface area contributed by atoms with Crippen molar-refractivity contribution in [1.82, 2.24) is 0 Å². The van der Waals surface area contributed by atoms with E-state index in [2.05, 4.69) is 80.0 Å². The maximum absolute atomic E-state index is 6.60. The van der Waals surface area contributed by atoms with Crippen molar-refractivity contribution in [3.05, 3.63) is 11.6 Å². The first kappa shape index (κ1) is 30.1. The maximum Gasteiger partial charge on any atom is 0.184 e. The first-order valence-electron chi connectivity index (χ1n) is 16.0. The summed E-state index contributed by atoms with van der Waals surface area (Å²) < 4.78 is 13.1. The molecule has 0 aromatic heterocycles. The van der Waals surface area contributed by atoms with Crippen molar-refractivity contribution < 1.29 is 8.85 Å². The van der Waals surface area contributed by atoms with E-state index >= 15 is 0 Å². The molecule has 37 heavy (non-hydrogen) atoms. The highest BCUT2D eigenvalue weighted by atomic mass is 28.4. The average molecular weight is 547 g/mol. The summed E-state index contributed by atoms with van der Waals surface area (Å²) in [7, 11) is -2.96. The van der Waals surface area contributed by atoms with Crippen molar-refractivity contribution in [3.63, 3.8) is 0 Å². The van der Waals surface area contributed by atoms with Gasteiger partial charge in [0.2, 0.25) is 0 Å². The van der Waals surface area contributed by atoms with Crippen LogP contribution >= 0.6 is 0 Å². The molecule has 2 nitrogen and oxygen atoms in total. The van der Waals surface area contributed by atoms with Crippen LogP contribution in [-0.4, -0.2) is 28.3 Å². The smallest absolute Gasteiger partial charge is 0.184 e. The monoisotopic (exact) mass is 546 g/mol. The van der Waals surface area contributed by atoms with Gasteiger partial charge in [0.25, 0.3) is 0 Å². The molecule has 4 heteroatoms. The molecular weight excluding hydrogens is 485 g/mol. The Balaban J connectivity index is 1.39. The molecule has 3 fully saturated rings. The summed E-state index contributed by atoms with van der Waals surface area (Å²) in [6, 6.07) is 0. The summed E-state index contributed by atoms with van der Waals surface area (Å²) in [6.45, 7) is 26.6. The van der Waals surface area contributed by atoms with Crippen molar-refractivity contribution in [2.24, 2.45) is 40.4 Å². The fraction of sp³-hybridized carbons (Fsp3) is 0.939. The molecule has 214 valence electrons. The van der Waals surface area contributed by atoms with Crippen LogP contribution in [0.3, 0.4) is 0 Å². The third-order valence-corrected chi connectivity index (χ3v) is 13.6. The van der Waals surface area contributed by atoms with Crippen molar-refractivity contribution in [2.75, 3.05) is 0 Å². The Hall–Kier alpha value is 0.0938. The second-order valence-electron chi connectivity index (χ2n) is 16.9. The molecule has 0 amide bonds. The predicted octanol–water partition coefficient (Wildman–Crippen LogP) is 10.2. The van der Waals surface area contributed by atoms with Gasteiger partial charge in [0.05, 0.1) is 5.60 Å². The van der Waals surface area contributed by atoms with Gasteiger partial charge >= 0.3 is 0 Å². The first-order chi connectivity index (χ1) is 16.9. The van der Waals surface area contributed by atoms with E-state index in [0.29, 0.717) is 16.9 Å². The fourth-order valence-corrected chi connectivity index (χ4v) is 13.1. The zero-order valence-corrected chi connectivity index (χ0v) is 28.6. The molecule has 8 atom stereocenters. The highest BCUT2D eigenvalue weighted by Gasteiger charge is 2.59. The van der Waals surface area contributed by atoms with Crippen LogP contribution in [0.5, 0.6) is 0 Å². The molecular formula is C33H62O2Si2. The number of rotatable bonds is 9. The lowest BCUT2D eigenvalue weighted by Crippen LogP contribution is -2.51. The van der Waals surface area contributed by atoms with Gasteiger partial charge in [-0.25, -0.2) is 0 Å². The summed E-state index contributed by atoms with van der Waals surface area (Å²) in [5, 5.41) is 0. The maximum atomic E-state index is 6.60. The SMILES string of the molecule is C[C@H](CCCC(C)(C)O[Si](C)(C)C)[C@H]1CC[C@H]2[C@@H]3CC=C4C[C@@H](O[Si](C)(C)C)CC[C@]4(C)[C@H]3CC[C@]12C. The highest BCUT2D eigenvalue weighted by Crippen LogP contribution is 2.67. The van der Waals surface area contributed by atoms with Crippen LogP contribution in [0.25, 0.3) is 0 Å². The van der Waals surface area contributed by atoms with Crippen molar-refractivity contribution in [3.8, 4) is 0 Å². The molecule has 0 aromatic carbocycles. The van der Waals surface area contributed by atoms with Gasteiger partial charge in [0.15, 0.2) is 16.6 Å². The minimum Gasteiger partial charge on any atom is -0.414 e. The average Bonchev–Trinajstić information content (AvgIpc) is 3.08. The zero-order valence-electron chi connectivity index (χ0n) is 26.6. The van der Waals surface area contributed by atoms with Crippen LogP contribution in [0.2, 0.25) is 39.3 Å². The van der Waals surface area contributed by atoms with Crippen molar-refractivity contribution in [2.45, 2.75) is 156 Å². The lowest BCUT2D eigenvalue weighted by Gasteiger charge is -2.58. The Labute approximate surface area is 233 Å². The molecule has 0 unspecified atom stereocenters. The van der Waals surface area contributed by atoms with E-state index in [-0.39, 0.29) is 5.60 Å². The van der Waals surface area contributed by atoms with E-state index in [1.165, 1.54) is 70.6 Å². The lowest BCUT2D eigenvalue weighted by atomic mass is 9.47. The van der Waals surface area contributed by atoms with Crippen LogP contribution < -0.4 is 0 Å². The number of hydrogen-bond acceptors (Lipinski definition) is 2. The molecule has 0 N–H and O–H groups in total. The molecule has 0 aromatic rings. The van der Waals surface area contributed by atoms with Gasteiger partial charge in [-0.1, -0.05) is 45.3 Å². The second-order valence-corrected chi connectivity index (χ2v) is 25.8. The van der Waals surface area contributed by atoms with Gasteiger partial charge < -0.3 is 8.85 Å². The third kappa shape index (κ3) is 6.54. The van der Waals surface area contributed by atoms with Crippen molar-refractivity contribution in [1.29, 1.82) is 0 Å². The summed E-state index contributed by atoms with van der Waals surface area (Å²) in [6.07, 6.45) is 18.2. The molecule has 0 radical (unpaired) electrons. The topological polar surface area (TPSA) is 18.5 Å². The van der Waals surface area contributed by atoms with Crippen LogP contribution in [0.15, 0.2) is 11.6 Å². The van der Waals surface area contributed by atoms with Gasteiger partial charge in [0, 0.05) is 6.10 Å². The number of fused-ring (bicyclic) bond motifs is 5. The van der Waals surface area contributed by atoms with Crippen LogP contribution in [0.1, 0.15) is 105 Å². The van der Waals surface area contributed by atoms with Gasteiger partial charge in [-0.15, -0.1) is 0 Å². The molecule has 3 saturated carbocycles. The second kappa shape index (κ2) is 10.5. The summed E-state index contributed by atoms with van der Waals surface area (Å²) in [4.78, 5) is 0. The largest absolute Gasteiger partial charge is 0.414 e. The predicted molar refractivity (Wildman–Crippen MR) is 165 cm³/mol. The Morgan fingerprint density at radius 1 is 0.946 bits per heavy atom. The van der Waals surface area contributed by atoms with Gasteiger partial charge in [-0.3, -0.25) is 0 Å². The molecule has 0 spiro atoms. The number of allylic oxidation sites excluding steroid dienone is 1. The van der Waals surface area contributed by atoms with Gasteiger partial charge in [-0.05, 0) is 151 Å². The number of hydrogen-bond donors (Lipinski definition) is 0. The standard InChI is InChI=1S/C33H62O2Si2/c1-24(13-12-20-31(2,3)35-37(9,10)11)28-16-17-29-27-15-14-25-23-26(34-36(6,7)8)18-21-32(25,4)30(27)19-22-33(28,29)5/h14,24,26-30H,12-13,15-23H2,1-11H3/t24-,26+,27+,28-,29+,30+,32+,33-/m1/s1. The first-order valence-corrected chi connectivity index (χ1v) is 22.8. The molecule has 4 aliphatic rings. The van der Waals surface area contributed by atoms with E-state index in [0.717, 1.165) is 29.6 Å². The van der Waals surface area contributed by atoms with Crippen LogP contribution in [-0.2, 0) is 8.85 Å². The summed E-state index contributed by atoms with van der Waals surface area (Å²) in [5.74, 6) is 4.53. The Bertz CT molecular complexity index is 836. The molecule has 4 rings (SSSR count). The quantitative estimate of drug-likeness (QED) is 0.211. The summed E-state index contributed by atoms with van der Waals surface area (Å²) in [5.41, 5.74) is 2.81. The van der Waals surface area contributed by atoms with E-state index in [4.69, 9.17) is 8.85 Å².